The standard InChI is InChI=1S/C19H30N4O3S3/c1-4-11-21(12-5-2)14-18(24)20(3)15-6-8-16(9-7-15)22-13-10-17(19(22)25)23(27)29(26)28/h6-9,17,27H,4-5,10-14H2,1-3H3,(H,26,28). The molecule has 7 nitrogen and oxygen atoms in total. The lowest BCUT2D eigenvalue weighted by molar-refractivity contribution is -0.120. The molecule has 10 heteroatoms. The van der Waals surface area contributed by atoms with Gasteiger partial charge in [-0.3, -0.25) is 14.5 Å². The van der Waals surface area contributed by atoms with Crippen molar-refractivity contribution in [1.29, 1.82) is 0 Å². The van der Waals surface area contributed by atoms with Crippen LogP contribution in [0.4, 0.5) is 11.4 Å². The van der Waals surface area contributed by atoms with Gasteiger partial charge in [0.2, 0.25) is 11.8 Å². The maximum absolute atomic E-state index is 12.7. The highest BCUT2D eigenvalue weighted by molar-refractivity contribution is 8.27. The third-order valence-electron chi connectivity index (χ3n) is 4.97. The summed E-state index contributed by atoms with van der Waals surface area (Å²) < 4.78 is 10.7. The second-order valence-corrected chi connectivity index (χ2v) is 9.52. The highest BCUT2D eigenvalue weighted by atomic mass is 32.8. The van der Waals surface area contributed by atoms with E-state index in [2.05, 4.69) is 31.6 Å². The first-order valence-electron chi connectivity index (χ1n) is 9.79. The molecule has 0 saturated carbocycles. The van der Waals surface area contributed by atoms with Crippen LogP contribution in [0.3, 0.4) is 0 Å². The van der Waals surface area contributed by atoms with E-state index >= 15 is 0 Å². The van der Waals surface area contributed by atoms with Gasteiger partial charge < -0.3 is 14.4 Å². The van der Waals surface area contributed by atoms with Crippen molar-refractivity contribution in [2.45, 2.75) is 39.2 Å². The van der Waals surface area contributed by atoms with Crippen LogP contribution in [0.25, 0.3) is 0 Å². The summed E-state index contributed by atoms with van der Waals surface area (Å²) in [5, 5.41) is 0. The van der Waals surface area contributed by atoms with Crippen molar-refractivity contribution in [2.24, 2.45) is 0 Å². The van der Waals surface area contributed by atoms with Crippen molar-refractivity contribution in [3.05, 3.63) is 24.3 Å². The van der Waals surface area contributed by atoms with Crippen molar-refractivity contribution >= 4 is 57.1 Å². The van der Waals surface area contributed by atoms with Gasteiger partial charge in [-0.1, -0.05) is 26.7 Å². The number of nitrogens with zero attached hydrogens (tertiary/aromatic N) is 4. The first kappa shape index (κ1) is 24.2. The van der Waals surface area contributed by atoms with Gasteiger partial charge in [0.05, 0.1) is 16.5 Å². The number of likely N-dealkylation sites (N-methyl/N-ethyl adjacent to an activating group) is 1. The zero-order chi connectivity index (χ0) is 21.6. The van der Waals surface area contributed by atoms with E-state index in [9.17, 15) is 14.1 Å². The molecule has 2 rings (SSSR count). The molecule has 2 atom stereocenters. The van der Waals surface area contributed by atoms with Crippen LogP contribution in [0.1, 0.15) is 33.1 Å². The van der Waals surface area contributed by atoms with Gasteiger partial charge >= 0.3 is 0 Å². The molecular weight excluding hydrogens is 428 g/mol. The van der Waals surface area contributed by atoms with E-state index in [1.807, 2.05) is 24.3 Å². The van der Waals surface area contributed by atoms with Crippen molar-refractivity contribution in [3.8, 4) is 0 Å². The normalized spacial score (nSPS) is 18.0. The van der Waals surface area contributed by atoms with Crippen LogP contribution in [0.2, 0.25) is 0 Å². The molecule has 29 heavy (non-hydrogen) atoms. The van der Waals surface area contributed by atoms with Crippen molar-refractivity contribution < 1.29 is 14.1 Å². The first-order chi connectivity index (χ1) is 13.8. The van der Waals surface area contributed by atoms with Gasteiger partial charge in [-0.15, -0.1) is 0 Å². The predicted octanol–water partition coefficient (Wildman–Crippen LogP) is 2.49. The van der Waals surface area contributed by atoms with Crippen LogP contribution in [0, 0.1) is 0 Å². The van der Waals surface area contributed by atoms with E-state index in [1.54, 1.807) is 16.8 Å². The number of carbonyl (C=O) groups excluding carboxylic acids is 2. The summed E-state index contributed by atoms with van der Waals surface area (Å²) in [6.07, 6.45) is 2.58. The zero-order valence-electron chi connectivity index (χ0n) is 17.2. The Morgan fingerprint density at radius 2 is 1.86 bits per heavy atom. The Labute approximate surface area is 186 Å². The molecular formula is C19H30N4O3S3. The number of anilines is 2. The van der Waals surface area contributed by atoms with Gasteiger partial charge in [-0.05, 0) is 67.8 Å². The molecule has 1 heterocycles. The summed E-state index contributed by atoms with van der Waals surface area (Å²) in [5.74, 6) is -0.0912. The monoisotopic (exact) mass is 458 g/mol. The fourth-order valence-electron chi connectivity index (χ4n) is 3.43. The SMILES string of the molecule is CCCN(CCC)CC(=O)N(C)c1ccc(N2CCC(N(S)S(O)=S)C2=O)cc1. The minimum absolute atomic E-state index is 0.0445. The molecule has 0 bridgehead atoms. The Balaban J connectivity index is 2.03. The molecule has 2 unspecified atom stereocenters. The summed E-state index contributed by atoms with van der Waals surface area (Å²) in [6, 6.07) is 6.84. The number of benzene rings is 1. The van der Waals surface area contributed by atoms with Crippen LogP contribution >= 0.6 is 12.8 Å². The summed E-state index contributed by atoms with van der Waals surface area (Å²) in [7, 11) is 0.292. The highest BCUT2D eigenvalue weighted by Gasteiger charge is 2.37. The van der Waals surface area contributed by atoms with Gasteiger partial charge in [0.1, 0.15) is 6.04 Å². The second-order valence-electron chi connectivity index (χ2n) is 7.07. The van der Waals surface area contributed by atoms with Crippen LogP contribution < -0.4 is 9.80 Å². The maximum Gasteiger partial charge on any atom is 0.246 e. The molecule has 1 saturated heterocycles. The Morgan fingerprint density at radius 3 is 2.38 bits per heavy atom. The van der Waals surface area contributed by atoms with Crippen LogP contribution in [0.5, 0.6) is 0 Å². The number of amides is 2. The molecule has 1 aliphatic heterocycles. The van der Waals surface area contributed by atoms with E-state index in [1.165, 1.54) is 3.71 Å². The molecule has 2 amide bonds. The summed E-state index contributed by atoms with van der Waals surface area (Å²) in [5.41, 5.74) is 1.54. The minimum Gasteiger partial charge on any atom is -0.315 e. The topological polar surface area (TPSA) is 67.3 Å². The van der Waals surface area contributed by atoms with Gasteiger partial charge in [-0.25, -0.2) is 0 Å². The Bertz CT molecular complexity index is 726. The van der Waals surface area contributed by atoms with Crippen LogP contribution in [0.15, 0.2) is 24.3 Å². The summed E-state index contributed by atoms with van der Waals surface area (Å²) in [6.45, 7) is 6.97. The third kappa shape index (κ3) is 6.22. The Kier molecular flexibility index (Phi) is 9.51. The molecule has 1 aromatic rings. The molecule has 162 valence electrons. The predicted molar refractivity (Wildman–Crippen MR) is 126 cm³/mol. The molecule has 1 N–H and O–H groups in total. The van der Waals surface area contributed by atoms with Crippen molar-refractivity contribution in [1.82, 2.24) is 8.61 Å². The highest BCUT2D eigenvalue weighted by Crippen LogP contribution is 2.27. The molecule has 0 radical (unpaired) electrons. The molecule has 1 fully saturated rings. The maximum atomic E-state index is 12.7. The zero-order valence-corrected chi connectivity index (χ0v) is 19.7. The van der Waals surface area contributed by atoms with Gasteiger partial charge in [0, 0.05) is 25.0 Å². The lowest BCUT2D eigenvalue weighted by Gasteiger charge is -2.25. The molecule has 1 aromatic carbocycles. The first-order valence-corrected chi connectivity index (χ1v) is 12.3. The Morgan fingerprint density at radius 1 is 1.28 bits per heavy atom. The van der Waals surface area contributed by atoms with Crippen molar-refractivity contribution in [3.63, 3.8) is 0 Å². The summed E-state index contributed by atoms with van der Waals surface area (Å²) in [4.78, 5) is 30.8. The molecule has 0 spiro atoms. The van der Waals surface area contributed by atoms with Crippen LogP contribution in [-0.2, 0) is 30.7 Å². The molecule has 0 aliphatic carbocycles. The number of rotatable bonds is 10. The minimum atomic E-state index is -1.48. The Hall–Kier alpha value is -1.04. The van der Waals surface area contributed by atoms with E-state index in [4.69, 9.17) is 11.2 Å². The van der Waals surface area contributed by atoms with E-state index in [-0.39, 0.29) is 11.8 Å². The summed E-state index contributed by atoms with van der Waals surface area (Å²) >= 11 is 8.95. The smallest absolute Gasteiger partial charge is 0.246 e. The number of hydrogen-bond acceptors (Lipinski definition) is 5. The van der Waals surface area contributed by atoms with E-state index in [0.29, 0.717) is 19.5 Å². The number of hydrogen-bond donors (Lipinski definition) is 2. The lowest BCUT2D eigenvalue weighted by Crippen LogP contribution is -2.39. The van der Waals surface area contributed by atoms with E-state index < -0.39 is 16.0 Å². The average molecular weight is 459 g/mol. The average Bonchev–Trinajstić information content (AvgIpc) is 3.08. The number of carbonyl (C=O) groups is 2. The fourth-order valence-corrected chi connectivity index (χ4v) is 4.37. The largest absolute Gasteiger partial charge is 0.315 e. The fraction of sp³-hybridized carbons (Fsp3) is 0.579. The quantitative estimate of drug-likeness (QED) is 0.525. The van der Waals surface area contributed by atoms with Gasteiger partial charge in [0.15, 0.2) is 0 Å². The van der Waals surface area contributed by atoms with Gasteiger partial charge in [0.25, 0.3) is 0 Å². The van der Waals surface area contributed by atoms with Crippen LogP contribution in [-0.4, -0.2) is 64.2 Å². The molecule has 1 aliphatic rings. The van der Waals surface area contributed by atoms with Gasteiger partial charge in [-0.2, -0.15) is 3.71 Å². The number of thiol groups is 1. The lowest BCUT2D eigenvalue weighted by atomic mass is 10.2. The third-order valence-corrected chi connectivity index (χ3v) is 7.10. The van der Waals surface area contributed by atoms with Crippen molar-refractivity contribution in [2.75, 3.05) is 43.0 Å². The second kappa shape index (κ2) is 11.4. The molecule has 0 aromatic heterocycles. The van der Waals surface area contributed by atoms with E-state index in [0.717, 1.165) is 37.3 Å².